The van der Waals surface area contributed by atoms with E-state index in [4.69, 9.17) is 9.47 Å². The molecule has 46 heavy (non-hydrogen) atoms. The van der Waals surface area contributed by atoms with E-state index < -0.39 is 6.10 Å². The summed E-state index contributed by atoms with van der Waals surface area (Å²) >= 11 is 0. The van der Waals surface area contributed by atoms with Crippen LogP contribution in [0.2, 0.25) is 0 Å². The molecular weight excluding hydrogens is 572 g/mol. The Morgan fingerprint density at radius 1 is 0.457 bits per heavy atom. The van der Waals surface area contributed by atoms with Gasteiger partial charge in [-0.1, -0.05) is 166 Å². The van der Waals surface area contributed by atoms with E-state index in [-0.39, 0.29) is 25.2 Å². The van der Waals surface area contributed by atoms with Crippen LogP contribution in [0.1, 0.15) is 194 Å². The molecule has 0 spiro atoms. The third-order valence-corrected chi connectivity index (χ3v) is 8.38. The second kappa shape index (κ2) is 37.6. The minimum Gasteiger partial charge on any atom is -0.463 e. The van der Waals surface area contributed by atoms with Crippen LogP contribution in [0.25, 0.3) is 0 Å². The highest BCUT2D eigenvalue weighted by molar-refractivity contribution is 5.69. The lowest BCUT2D eigenvalue weighted by Gasteiger charge is -2.12. The fourth-order valence-electron chi connectivity index (χ4n) is 5.39. The molecule has 0 aliphatic rings. The first-order valence-electron chi connectivity index (χ1n) is 19.5. The largest absolute Gasteiger partial charge is 0.463 e. The van der Waals surface area contributed by atoms with Crippen LogP contribution in [0, 0.1) is 0 Å². The van der Waals surface area contributed by atoms with Gasteiger partial charge in [-0.25, -0.2) is 0 Å². The summed E-state index contributed by atoms with van der Waals surface area (Å²) in [6.07, 6.45) is 44.8. The zero-order chi connectivity index (χ0) is 33.6. The SMILES string of the molecule is CCCCC/C=C\C/C=C\C/C=C\CCCCC(=O)OC[C@H](O)COC(=O)CCCCCCCCCCCCCCCCCCC. The molecule has 5 nitrogen and oxygen atoms in total. The number of unbranched alkanes of at least 4 members (excludes halogenated alkanes) is 21. The maximum Gasteiger partial charge on any atom is 0.305 e. The average molecular weight is 647 g/mol. The molecule has 0 saturated carbocycles. The van der Waals surface area contributed by atoms with Crippen molar-refractivity contribution in [3.05, 3.63) is 36.5 Å². The molecule has 0 heterocycles. The van der Waals surface area contributed by atoms with Crippen LogP contribution in [-0.2, 0) is 19.1 Å². The van der Waals surface area contributed by atoms with E-state index in [1.165, 1.54) is 116 Å². The first-order valence-corrected chi connectivity index (χ1v) is 19.5. The van der Waals surface area contributed by atoms with Crippen molar-refractivity contribution < 1.29 is 24.2 Å². The fraction of sp³-hybridized carbons (Fsp3) is 0.805. The summed E-state index contributed by atoms with van der Waals surface area (Å²) in [4.78, 5) is 23.9. The molecule has 0 rings (SSSR count). The Kier molecular flexibility index (Phi) is 36.0. The van der Waals surface area contributed by atoms with E-state index >= 15 is 0 Å². The molecule has 0 saturated heterocycles. The molecule has 1 atom stereocenters. The molecule has 268 valence electrons. The fourth-order valence-corrected chi connectivity index (χ4v) is 5.39. The van der Waals surface area contributed by atoms with Gasteiger partial charge in [0.25, 0.3) is 0 Å². The normalized spacial score (nSPS) is 12.5. The minimum atomic E-state index is -0.976. The topological polar surface area (TPSA) is 72.8 Å². The Hall–Kier alpha value is -1.88. The Morgan fingerprint density at radius 3 is 1.17 bits per heavy atom. The van der Waals surface area contributed by atoms with Gasteiger partial charge in [0.15, 0.2) is 0 Å². The van der Waals surface area contributed by atoms with Gasteiger partial charge in [0.05, 0.1) is 0 Å². The Labute approximate surface area is 285 Å². The van der Waals surface area contributed by atoms with Crippen LogP contribution in [-0.4, -0.2) is 36.4 Å². The molecule has 0 amide bonds. The summed E-state index contributed by atoms with van der Waals surface area (Å²) < 4.78 is 10.3. The molecular formula is C41H74O5. The van der Waals surface area contributed by atoms with Crippen LogP contribution in [0.15, 0.2) is 36.5 Å². The average Bonchev–Trinajstić information content (AvgIpc) is 3.06. The molecule has 0 aromatic carbocycles. The first kappa shape index (κ1) is 44.1. The van der Waals surface area contributed by atoms with Crippen molar-refractivity contribution in [1.82, 2.24) is 0 Å². The van der Waals surface area contributed by atoms with Gasteiger partial charge in [-0.05, 0) is 51.4 Å². The quantitative estimate of drug-likeness (QED) is 0.0421. The zero-order valence-electron chi connectivity index (χ0n) is 30.3. The molecule has 0 aliphatic heterocycles. The second-order valence-electron chi connectivity index (χ2n) is 13.1. The number of hydrogen-bond acceptors (Lipinski definition) is 5. The molecule has 0 bridgehead atoms. The van der Waals surface area contributed by atoms with Gasteiger partial charge in [0.2, 0.25) is 0 Å². The van der Waals surface area contributed by atoms with Crippen LogP contribution in [0.3, 0.4) is 0 Å². The molecule has 0 unspecified atom stereocenters. The van der Waals surface area contributed by atoms with Gasteiger partial charge >= 0.3 is 11.9 Å². The van der Waals surface area contributed by atoms with E-state index in [9.17, 15) is 14.7 Å². The number of carbonyl (C=O) groups excluding carboxylic acids is 2. The van der Waals surface area contributed by atoms with Crippen molar-refractivity contribution in [3.8, 4) is 0 Å². The highest BCUT2D eigenvalue weighted by atomic mass is 16.6. The molecule has 0 fully saturated rings. The summed E-state index contributed by atoms with van der Waals surface area (Å²) in [5.41, 5.74) is 0. The molecule has 0 radical (unpaired) electrons. The Balaban J connectivity index is 3.47. The third kappa shape index (κ3) is 36.6. The van der Waals surface area contributed by atoms with Crippen molar-refractivity contribution in [2.75, 3.05) is 13.2 Å². The smallest absolute Gasteiger partial charge is 0.305 e. The predicted octanol–water partition coefficient (Wildman–Crippen LogP) is 12.1. The van der Waals surface area contributed by atoms with Crippen LogP contribution < -0.4 is 0 Å². The number of carbonyl (C=O) groups is 2. The number of allylic oxidation sites excluding steroid dienone is 6. The third-order valence-electron chi connectivity index (χ3n) is 8.38. The standard InChI is InChI=1S/C41H74O5/c1-3-5-7-9-11-13-15-17-19-20-22-24-26-28-30-32-34-36-41(44)46-38-39(42)37-45-40(43)35-33-31-29-27-25-23-21-18-16-14-12-10-8-6-4-2/h12,14,18,21,25,27,39,42H,3-11,13,15-17,19-20,22-24,26,28-38H2,1-2H3/b14-12-,21-18-,27-25-/t39-/m0/s1. The number of ether oxygens (including phenoxy) is 2. The summed E-state index contributed by atoms with van der Waals surface area (Å²) in [5.74, 6) is -0.604. The van der Waals surface area contributed by atoms with Gasteiger partial charge in [-0.15, -0.1) is 0 Å². The van der Waals surface area contributed by atoms with E-state index in [0.29, 0.717) is 12.8 Å². The Morgan fingerprint density at radius 2 is 0.761 bits per heavy atom. The number of aliphatic hydroxyl groups is 1. The highest BCUT2D eigenvalue weighted by Gasteiger charge is 2.12. The summed E-state index contributed by atoms with van der Waals surface area (Å²) in [6.45, 7) is 4.25. The van der Waals surface area contributed by atoms with Gasteiger partial charge < -0.3 is 14.6 Å². The summed E-state index contributed by atoms with van der Waals surface area (Å²) in [7, 11) is 0. The molecule has 5 heteroatoms. The lowest BCUT2D eigenvalue weighted by Crippen LogP contribution is -2.25. The van der Waals surface area contributed by atoms with Gasteiger partial charge in [0.1, 0.15) is 19.3 Å². The first-order chi connectivity index (χ1) is 22.6. The number of aliphatic hydroxyl groups excluding tert-OH is 1. The highest BCUT2D eigenvalue weighted by Crippen LogP contribution is 2.14. The van der Waals surface area contributed by atoms with E-state index in [2.05, 4.69) is 50.3 Å². The predicted molar refractivity (Wildman–Crippen MR) is 196 cm³/mol. The number of esters is 2. The van der Waals surface area contributed by atoms with Crippen molar-refractivity contribution in [2.24, 2.45) is 0 Å². The number of rotatable bonds is 35. The van der Waals surface area contributed by atoms with Gasteiger partial charge in [0, 0.05) is 12.8 Å². The van der Waals surface area contributed by atoms with Crippen LogP contribution in [0.4, 0.5) is 0 Å². The lowest BCUT2D eigenvalue weighted by molar-refractivity contribution is -0.152. The maximum atomic E-state index is 12.0. The van der Waals surface area contributed by atoms with Crippen molar-refractivity contribution in [3.63, 3.8) is 0 Å². The van der Waals surface area contributed by atoms with Gasteiger partial charge in [-0.2, -0.15) is 0 Å². The number of hydrogen-bond donors (Lipinski definition) is 1. The molecule has 0 aromatic rings. The summed E-state index contributed by atoms with van der Waals surface area (Å²) in [5, 5.41) is 10.00. The second-order valence-corrected chi connectivity index (χ2v) is 13.1. The van der Waals surface area contributed by atoms with E-state index in [0.717, 1.165) is 51.4 Å². The molecule has 0 aromatic heterocycles. The molecule has 1 N–H and O–H groups in total. The van der Waals surface area contributed by atoms with Crippen molar-refractivity contribution in [2.45, 2.75) is 200 Å². The van der Waals surface area contributed by atoms with Crippen LogP contribution >= 0.6 is 0 Å². The lowest BCUT2D eigenvalue weighted by atomic mass is 10.0. The summed E-state index contributed by atoms with van der Waals surface area (Å²) in [6, 6.07) is 0. The van der Waals surface area contributed by atoms with Crippen LogP contribution in [0.5, 0.6) is 0 Å². The molecule has 0 aliphatic carbocycles. The van der Waals surface area contributed by atoms with E-state index in [1.54, 1.807) is 0 Å². The van der Waals surface area contributed by atoms with E-state index in [1.807, 2.05) is 0 Å². The zero-order valence-corrected chi connectivity index (χ0v) is 30.3. The minimum absolute atomic E-state index is 0.125. The van der Waals surface area contributed by atoms with Gasteiger partial charge in [-0.3, -0.25) is 9.59 Å². The Bertz CT molecular complexity index is 741. The maximum absolute atomic E-state index is 12.0. The monoisotopic (exact) mass is 647 g/mol. The van der Waals surface area contributed by atoms with Crippen molar-refractivity contribution in [1.29, 1.82) is 0 Å². The van der Waals surface area contributed by atoms with Crippen molar-refractivity contribution >= 4 is 11.9 Å².